The molecule has 5 nitrogen and oxygen atoms in total. The number of rotatable bonds is 3. The van der Waals surface area contributed by atoms with Crippen LogP contribution >= 0.6 is 11.3 Å². The molecule has 2 rings (SSSR count). The third kappa shape index (κ3) is 2.20. The standard InChI is InChI=1S/C11H13N5S/c1-7-3-4-17-11(7)10(8(2)13)16-6-14-9(5-12)15-16/h3-4,6,8,10H,13H2,1-2H3. The lowest BCUT2D eigenvalue weighted by molar-refractivity contribution is 0.457. The van der Waals surface area contributed by atoms with E-state index in [-0.39, 0.29) is 17.9 Å². The number of aromatic nitrogens is 3. The van der Waals surface area contributed by atoms with Crippen molar-refractivity contribution in [3.63, 3.8) is 0 Å². The van der Waals surface area contributed by atoms with Crippen LogP contribution in [-0.2, 0) is 0 Å². The summed E-state index contributed by atoms with van der Waals surface area (Å²) in [5.41, 5.74) is 7.20. The van der Waals surface area contributed by atoms with Crippen LogP contribution in [0.1, 0.15) is 29.2 Å². The maximum Gasteiger partial charge on any atom is 0.252 e. The summed E-state index contributed by atoms with van der Waals surface area (Å²) < 4.78 is 1.67. The van der Waals surface area contributed by atoms with Gasteiger partial charge in [0.25, 0.3) is 5.82 Å². The molecule has 0 spiro atoms. The molecule has 0 aromatic carbocycles. The molecule has 0 saturated carbocycles. The van der Waals surface area contributed by atoms with Crippen LogP contribution in [0.25, 0.3) is 0 Å². The van der Waals surface area contributed by atoms with Gasteiger partial charge in [0, 0.05) is 10.9 Å². The molecule has 6 heteroatoms. The van der Waals surface area contributed by atoms with Crippen LogP contribution < -0.4 is 5.73 Å². The van der Waals surface area contributed by atoms with Crippen LogP contribution in [0.3, 0.4) is 0 Å². The molecular weight excluding hydrogens is 234 g/mol. The summed E-state index contributed by atoms with van der Waals surface area (Å²) in [7, 11) is 0. The average Bonchev–Trinajstić information content (AvgIpc) is 2.89. The molecule has 2 atom stereocenters. The van der Waals surface area contributed by atoms with Gasteiger partial charge in [0.05, 0.1) is 0 Å². The van der Waals surface area contributed by atoms with Crippen LogP contribution in [0.15, 0.2) is 17.8 Å². The lowest BCUT2D eigenvalue weighted by Crippen LogP contribution is -2.30. The topological polar surface area (TPSA) is 80.5 Å². The Labute approximate surface area is 104 Å². The zero-order chi connectivity index (χ0) is 12.4. The highest BCUT2D eigenvalue weighted by Gasteiger charge is 2.22. The van der Waals surface area contributed by atoms with Crippen LogP contribution in [0, 0.1) is 18.3 Å². The van der Waals surface area contributed by atoms with E-state index in [0.717, 1.165) is 4.88 Å². The van der Waals surface area contributed by atoms with E-state index in [1.807, 2.05) is 25.3 Å². The molecule has 0 amide bonds. The van der Waals surface area contributed by atoms with Crippen molar-refractivity contribution in [1.29, 1.82) is 5.26 Å². The van der Waals surface area contributed by atoms with E-state index in [4.69, 9.17) is 11.0 Å². The van der Waals surface area contributed by atoms with E-state index in [0.29, 0.717) is 0 Å². The van der Waals surface area contributed by atoms with Crippen molar-refractivity contribution in [1.82, 2.24) is 14.8 Å². The van der Waals surface area contributed by atoms with E-state index in [2.05, 4.69) is 16.1 Å². The van der Waals surface area contributed by atoms with Crippen LogP contribution in [0.5, 0.6) is 0 Å². The fourth-order valence-electron chi connectivity index (χ4n) is 1.75. The Kier molecular flexibility index (Phi) is 3.22. The number of aryl methyl sites for hydroxylation is 1. The average molecular weight is 247 g/mol. The molecule has 0 aliphatic rings. The summed E-state index contributed by atoms with van der Waals surface area (Å²) in [4.78, 5) is 5.08. The van der Waals surface area contributed by atoms with Gasteiger partial charge in [-0.2, -0.15) is 5.26 Å². The Bertz CT molecular complexity index is 548. The molecule has 2 unspecified atom stereocenters. The fraction of sp³-hybridized carbons (Fsp3) is 0.364. The quantitative estimate of drug-likeness (QED) is 0.890. The Balaban J connectivity index is 2.43. The summed E-state index contributed by atoms with van der Waals surface area (Å²) in [6, 6.07) is 3.81. The highest BCUT2D eigenvalue weighted by Crippen LogP contribution is 2.28. The van der Waals surface area contributed by atoms with Crippen molar-refractivity contribution >= 4 is 11.3 Å². The first-order chi connectivity index (χ1) is 8.13. The molecule has 0 aliphatic heterocycles. The Morgan fingerprint density at radius 2 is 2.35 bits per heavy atom. The molecule has 0 aliphatic carbocycles. The predicted molar refractivity (Wildman–Crippen MR) is 65.6 cm³/mol. The van der Waals surface area contributed by atoms with Gasteiger partial charge in [-0.05, 0) is 30.9 Å². The largest absolute Gasteiger partial charge is 0.326 e. The van der Waals surface area contributed by atoms with Crippen molar-refractivity contribution in [3.05, 3.63) is 34.0 Å². The van der Waals surface area contributed by atoms with Crippen LogP contribution in [0.2, 0.25) is 0 Å². The molecule has 2 heterocycles. The second-order valence-electron chi connectivity index (χ2n) is 3.93. The van der Waals surface area contributed by atoms with E-state index < -0.39 is 0 Å². The van der Waals surface area contributed by atoms with Crippen molar-refractivity contribution in [3.8, 4) is 6.07 Å². The van der Waals surface area contributed by atoms with Crippen LogP contribution in [-0.4, -0.2) is 20.8 Å². The third-order valence-corrected chi connectivity index (χ3v) is 3.65. The first kappa shape index (κ1) is 11.8. The molecule has 88 valence electrons. The van der Waals surface area contributed by atoms with Gasteiger partial charge >= 0.3 is 0 Å². The number of hydrogen-bond donors (Lipinski definition) is 1. The molecule has 0 bridgehead atoms. The van der Waals surface area contributed by atoms with Gasteiger partial charge in [0.1, 0.15) is 18.4 Å². The van der Waals surface area contributed by atoms with Crippen molar-refractivity contribution < 1.29 is 0 Å². The Morgan fingerprint density at radius 1 is 1.59 bits per heavy atom. The number of nitrogens with two attached hydrogens (primary N) is 1. The zero-order valence-corrected chi connectivity index (χ0v) is 10.5. The second kappa shape index (κ2) is 4.65. The number of hydrogen-bond acceptors (Lipinski definition) is 5. The van der Waals surface area contributed by atoms with E-state index in [9.17, 15) is 0 Å². The first-order valence-corrected chi connectivity index (χ1v) is 6.12. The van der Waals surface area contributed by atoms with Crippen LogP contribution in [0.4, 0.5) is 0 Å². The summed E-state index contributed by atoms with van der Waals surface area (Å²) in [5.74, 6) is 0.171. The van der Waals surface area contributed by atoms with E-state index in [1.54, 1.807) is 22.3 Å². The highest BCUT2D eigenvalue weighted by atomic mass is 32.1. The first-order valence-electron chi connectivity index (χ1n) is 5.24. The predicted octanol–water partition coefficient (Wildman–Crippen LogP) is 1.46. The molecule has 2 aromatic rings. The molecule has 0 fully saturated rings. The lowest BCUT2D eigenvalue weighted by Gasteiger charge is -2.20. The smallest absolute Gasteiger partial charge is 0.252 e. The van der Waals surface area contributed by atoms with E-state index >= 15 is 0 Å². The lowest BCUT2D eigenvalue weighted by atomic mass is 10.1. The number of nitrogens with zero attached hydrogens (tertiary/aromatic N) is 4. The maximum absolute atomic E-state index is 8.74. The van der Waals surface area contributed by atoms with Gasteiger partial charge in [-0.3, -0.25) is 0 Å². The van der Waals surface area contributed by atoms with Gasteiger partial charge in [-0.15, -0.1) is 16.4 Å². The Hall–Kier alpha value is -1.71. The van der Waals surface area contributed by atoms with Gasteiger partial charge < -0.3 is 5.73 Å². The summed E-state index contributed by atoms with van der Waals surface area (Å²) >= 11 is 1.65. The van der Waals surface area contributed by atoms with Gasteiger partial charge in [-0.25, -0.2) is 9.67 Å². The van der Waals surface area contributed by atoms with Crippen molar-refractivity contribution in [2.45, 2.75) is 25.9 Å². The SMILES string of the molecule is Cc1ccsc1C(C(C)N)n1cnc(C#N)n1. The van der Waals surface area contributed by atoms with Gasteiger partial charge in [-0.1, -0.05) is 0 Å². The fourth-order valence-corrected chi connectivity index (χ4v) is 2.88. The van der Waals surface area contributed by atoms with Gasteiger partial charge in [0.15, 0.2) is 0 Å². The third-order valence-electron chi connectivity index (χ3n) is 2.56. The summed E-state index contributed by atoms with van der Waals surface area (Å²) in [6.45, 7) is 3.97. The monoisotopic (exact) mass is 247 g/mol. The highest BCUT2D eigenvalue weighted by molar-refractivity contribution is 7.10. The van der Waals surface area contributed by atoms with Crippen molar-refractivity contribution in [2.24, 2.45) is 5.73 Å². The minimum absolute atomic E-state index is 0.0652. The molecule has 2 N–H and O–H groups in total. The Morgan fingerprint density at radius 3 is 2.82 bits per heavy atom. The van der Waals surface area contributed by atoms with E-state index in [1.165, 1.54) is 5.56 Å². The number of thiophene rings is 1. The van der Waals surface area contributed by atoms with Gasteiger partial charge in [0.2, 0.25) is 0 Å². The molecule has 0 saturated heterocycles. The molecule has 17 heavy (non-hydrogen) atoms. The molecular formula is C11H13N5S. The maximum atomic E-state index is 8.74. The van der Waals surface area contributed by atoms with Crippen molar-refractivity contribution in [2.75, 3.05) is 0 Å². The normalized spacial score (nSPS) is 14.2. The molecule has 0 radical (unpaired) electrons. The minimum atomic E-state index is -0.0967. The number of nitriles is 1. The summed E-state index contributed by atoms with van der Waals surface area (Å²) in [6.07, 6.45) is 1.56. The molecule has 2 aromatic heterocycles. The summed E-state index contributed by atoms with van der Waals surface area (Å²) in [5, 5.41) is 14.9. The zero-order valence-electron chi connectivity index (χ0n) is 9.66. The minimum Gasteiger partial charge on any atom is -0.326 e. The second-order valence-corrected chi connectivity index (χ2v) is 4.88.